The summed E-state index contributed by atoms with van der Waals surface area (Å²) in [6, 6.07) is 0. The van der Waals surface area contributed by atoms with Crippen LogP contribution in [0.3, 0.4) is 0 Å². The summed E-state index contributed by atoms with van der Waals surface area (Å²) >= 11 is 1.32. The van der Waals surface area contributed by atoms with Crippen LogP contribution in [-0.4, -0.2) is 27.2 Å². The Kier molecular flexibility index (Phi) is 4.26. The lowest BCUT2D eigenvalue weighted by molar-refractivity contribution is -0.146. The molecule has 2 N–H and O–H groups in total. The van der Waals surface area contributed by atoms with Gasteiger partial charge >= 0.3 is 5.97 Å². The fourth-order valence-electron chi connectivity index (χ4n) is 2.02. The van der Waals surface area contributed by atoms with Gasteiger partial charge in [0.1, 0.15) is 5.01 Å². The van der Waals surface area contributed by atoms with Crippen LogP contribution in [0.15, 0.2) is 12.2 Å². The minimum absolute atomic E-state index is 0.296. The van der Waals surface area contributed by atoms with Gasteiger partial charge in [-0.25, -0.2) is 0 Å². The Morgan fingerprint density at radius 1 is 1.37 bits per heavy atom. The number of aliphatic carboxylic acids is 1. The van der Waals surface area contributed by atoms with Gasteiger partial charge < -0.3 is 10.4 Å². The molecule has 102 valence electrons. The molecule has 0 aliphatic heterocycles. The largest absolute Gasteiger partial charge is 0.481 e. The Hall–Kier alpha value is -1.76. The van der Waals surface area contributed by atoms with Gasteiger partial charge in [-0.15, -0.1) is 10.2 Å². The van der Waals surface area contributed by atoms with E-state index in [1.807, 2.05) is 19.1 Å². The molecule has 2 atom stereocenters. The fraction of sp³-hybridized carbons (Fsp3) is 0.500. The van der Waals surface area contributed by atoms with Crippen molar-refractivity contribution >= 4 is 28.3 Å². The van der Waals surface area contributed by atoms with Gasteiger partial charge in [0, 0.05) is 0 Å². The molecule has 0 radical (unpaired) electrons. The molecule has 1 heterocycles. The first-order valence-corrected chi connectivity index (χ1v) is 6.94. The Morgan fingerprint density at radius 2 is 2.05 bits per heavy atom. The van der Waals surface area contributed by atoms with Crippen LogP contribution in [-0.2, 0) is 16.0 Å². The van der Waals surface area contributed by atoms with Crippen molar-refractivity contribution in [3.8, 4) is 0 Å². The van der Waals surface area contributed by atoms with Crippen molar-refractivity contribution in [3.05, 3.63) is 17.2 Å². The van der Waals surface area contributed by atoms with E-state index >= 15 is 0 Å². The number of allylic oxidation sites excluding steroid dienone is 2. The third kappa shape index (κ3) is 3.17. The summed E-state index contributed by atoms with van der Waals surface area (Å²) in [5.41, 5.74) is 0. The number of hydrogen-bond donors (Lipinski definition) is 2. The van der Waals surface area contributed by atoms with Crippen LogP contribution >= 0.6 is 11.3 Å². The van der Waals surface area contributed by atoms with E-state index < -0.39 is 17.8 Å². The molecule has 0 fully saturated rings. The lowest BCUT2D eigenvalue weighted by Gasteiger charge is -2.23. The molecule has 0 saturated carbocycles. The third-order valence-electron chi connectivity index (χ3n) is 3.09. The Labute approximate surface area is 114 Å². The predicted molar refractivity (Wildman–Crippen MR) is 70.9 cm³/mol. The molecule has 1 aromatic heterocycles. The average Bonchev–Trinajstić information content (AvgIpc) is 2.86. The van der Waals surface area contributed by atoms with Crippen LogP contribution in [0.1, 0.15) is 24.8 Å². The standard InChI is InChI=1S/C12H15N3O3S/c1-2-9-14-15-12(19-9)13-10(16)7-5-3-4-6-8(7)11(17)18/h3-4,7-8H,2,5-6H2,1H3,(H,17,18)(H,13,15,16)/t7-,8+/m1/s1. The molecule has 1 aliphatic carbocycles. The van der Waals surface area contributed by atoms with E-state index in [2.05, 4.69) is 15.5 Å². The number of carboxylic acid groups (broad SMARTS) is 1. The number of carboxylic acids is 1. The number of aryl methyl sites for hydroxylation is 1. The van der Waals surface area contributed by atoms with Crippen molar-refractivity contribution in [1.82, 2.24) is 10.2 Å². The van der Waals surface area contributed by atoms with Crippen LogP contribution in [0.25, 0.3) is 0 Å². The SMILES string of the molecule is CCc1nnc(NC(=O)[C@@H]2CC=CC[C@@H]2C(=O)O)s1. The number of aromatic nitrogens is 2. The van der Waals surface area contributed by atoms with Gasteiger partial charge in [-0.3, -0.25) is 9.59 Å². The highest BCUT2D eigenvalue weighted by molar-refractivity contribution is 7.15. The quantitative estimate of drug-likeness (QED) is 0.820. The number of nitrogens with zero attached hydrogens (tertiary/aromatic N) is 2. The zero-order chi connectivity index (χ0) is 13.8. The third-order valence-corrected chi connectivity index (χ3v) is 4.07. The highest BCUT2D eigenvalue weighted by Gasteiger charge is 2.34. The van der Waals surface area contributed by atoms with Crippen LogP contribution in [0, 0.1) is 11.8 Å². The number of nitrogens with one attached hydrogen (secondary N) is 1. The second-order valence-electron chi connectivity index (χ2n) is 4.34. The summed E-state index contributed by atoms with van der Waals surface area (Å²) < 4.78 is 0. The maximum absolute atomic E-state index is 12.1. The molecule has 1 amide bonds. The van der Waals surface area contributed by atoms with Gasteiger partial charge in [0.15, 0.2) is 0 Å². The van der Waals surface area contributed by atoms with Crippen molar-refractivity contribution < 1.29 is 14.7 Å². The molecule has 7 heteroatoms. The minimum atomic E-state index is -0.934. The van der Waals surface area contributed by atoms with E-state index in [9.17, 15) is 9.59 Å². The maximum atomic E-state index is 12.1. The first-order chi connectivity index (χ1) is 9.11. The van der Waals surface area contributed by atoms with Crippen LogP contribution in [0.2, 0.25) is 0 Å². The van der Waals surface area contributed by atoms with Gasteiger partial charge in [0.05, 0.1) is 11.8 Å². The second-order valence-corrected chi connectivity index (χ2v) is 5.40. The number of rotatable bonds is 4. The summed E-state index contributed by atoms with van der Waals surface area (Å²) in [6.07, 6.45) is 5.26. The summed E-state index contributed by atoms with van der Waals surface area (Å²) in [7, 11) is 0. The monoisotopic (exact) mass is 281 g/mol. The van der Waals surface area contributed by atoms with Gasteiger partial charge in [-0.05, 0) is 19.3 Å². The van der Waals surface area contributed by atoms with Crippen LogP contribution in [0.5, 0.6) is 0 Å². The van der Waals surface area contributed by atoms with E-state index in [0.29, 0.717) is 18.0 Å². The zero-order valence-electron chi connectivity index (χ0n) is 10.5. The Balaban J connectivity index is 2.05. The number of carbonyl (C=O) groups excluding carboxylic acids is 1. The van der Waals surface area contributed by atoms with Crippen LogP contribution in [0.4, 0.5) is 5.13 Å². The van der Waals surface area contributed by atoms with Gasteiger partial charge in [0.2, 0.25) is 11.0 Å². The fourth-order valence-corrected chi connectivity index (χ4v) is 2.70. The van der Waals surface area contributed by atoms with E-state index in [0.717, 1.165) is 11.4 Å². The molecule has 2 rings (SSSR count). The highest BCUT2D eigenvalue weighted by atomic mass is 32.1. The first kappa shape index (κ1) is 13.7. The molecule has 6 nitrogen and oxygen atoms in total. The lowest BCUT2D eigenvalue weighted by atomic mass is 9.82. The summed E-state index contributed by atoms with van der Waals surface area (Å²) in [4.78, 5) is 23.2. The zero-order valence-corrected chi connectivity index (χ0v) is 11.3. The molecule has 19 heavy (non-hydrogen) atoms. The smallest absolute Gasteiger partial charge is 0.307 e. The number of anilines is 1. The molecule has 0 bridgehead atoms. The van der Waals surface area contributed by atoms with E-state index in [-0.39, 0.29) is 5.91 Å². The second kappa shape index (κ2) is 5.92. The van der Waals surface area contributed by atoms with E-state index in [1.54, 1.807) is 0 Å². The lowest BCUT2D eigenvalue weighted by Crippen LogP contribution is -2.34. The van der Waals surface area contributed by atoms with E-state index in [4.69, 9.17) is 5.11 Å². The number of carbonyl (C=O) groups is 2. The van der Waals surface area contributed by atoms with Gasteiger partial charge in [-0.1, -0.05) is 30.4 Å². The molecule has 0 unspecified atom stereocenters. The molecular formula is C12H15N3O3S. The highest BCUT2D eigenvalue weighted by Crippen LogP contribution is 2.27. The Bertz CT molecular complexity index is 512. The van der Waals surface area contributed by atoms with Crippen molar-refractivity contribution in [2.75, 3.05) is 5.32 Å². The molecule has 0 saturated heterocycles. The maximum Gasteiger partial charge on any atom is 0.307 e. The molecule has 1 aromatic rings. The Morgan fingerprint density at radius 3 is 2.63 bits per heavy atom. The number of amides is 1. The molecule has 0 spiro atoms. The molecular weight excluding hydrogens is 266 g/mol. The summed E-state index contributed by atoms with van der Waals surface area (Å²) in [5.74, 6) is -2.44. The first-order valence-electron chi connectivity index (χ1n) is 6.12. The molecule has 0 aromatic carbocycles. The van der Waals surface area contributed by atoms with Crippen molar-refractivity contribution in [2.24, 2.45) is 11.8 Å². The van der Waals surface area contributed by atoms with E-state index in [1.165, 1.54) is 11.3 Å². The predicted octanol–water partition coefficient (Wildman–Crippen LogP) is 1.71. The van der Waals surface area contributed by atoms with Crippen molar-refractivity contribution in [2.45, 2.75) is 26.2 Å². The topological polar surface area (TPSA) is 92.2 Å². The molecule has 1 aliphatic rings. The minimum Gasteiger partial charge on any atom is -0.481 e. The van der Waals surface area contributed by atoms with Crippen molar-refractivity contribution in [1.29, 1.82) is 0 Å². The van der Waals surface area contributed by atoms with Gasteiger partial charge in [0.25, 0.3) is 0 Å². The summed E-state index contributed by atoms with van der Waals surface area (Å²) in [6.45, 7) is 1.96. The van der Waals surface area contributed by atoms with Crippen LogP contribution < -0.4 is 5.32 Å². The van der Waals surface area contributed by atoms with Gasteiger partial charge in [-0.2, -0.15) is 0 Å². The average molecular weight is 281 g/mol. The number of hydrogen-bond acceptors (Lipinski definition) is 5. The summed E-state index contributed by atoms with van der Waals surface area (Å²) in [5, 5.41) is 20.8. The normalized spacial score (nSPS) is 22.2. The van der Waals surface area contributed by atoms with Crippen molar-refractivity contribution in [3.63, 3.8) is 0 Å².